The number of allylic oxidation sites excluding steroid dienone is 1. The number of carbonyl (C=O) groups is 2. The summed E-state index contributed by atoms with van der Waals surface area (Å²) in [7, 11) is 2.84. The molecular formula is C8H13NO3S2. The summed E-state index contributed by atoms with van der Waals surface area (Å²) in [6, 6.07) is -0.810. The second kappa shape index (κ2) is 7.75. The summed E-state index contributed by atoms with van der Waals surface area (Å²) in [5.41, 5.74) is 0. The number of aliphatic carboxylic acids is 1. The number of nitrogens with one attached hydrogen (secondary N) is 1. The summed E-state index contributed by atoms with van der Waals surface area (Å²) >= 11 is 0. The van der Waals surface area contributed by atoms with E-state index in [1.54, 1.807) is 0 Å². The van der Waals surface area contributed by atoms with E-state index in [0.717, 1.165) is 0 Å². The van der Waals surface area contributed by atoms with Gasteiger partial charge in [-0.2, -0.15) is 0 Å². The molecule has 1 atom stereocenters. The minimum Gasteiger partial charge on any atom is -0.480 e. The Hall–Kier alpha value is -0.620. The summed E-state index contributed by atoms with van der Waals surface area (Å²) in [4.78, 5) is 21.3. The fourth-order valence-corrected chi connectivity index (χ4v) is 2.47. The van der Waals surface area contributed by atoms with Crippen LogP contribution in [0.5, 0.6) is 0 Å². The largest absolute Gasteiger partial charge is 0.480 e. The number of carboxylic acids is 1. The van der Waals surface area contributed by atoms with Crippen LogP contribution in [0.1, 0.15) is 13.8 Å². The number of carbonyl (C=O) groups excluding carboxylic acids is 1. The topological polar surface area (TPSA) is 66.4 Å². The van der Waals surface area contributed by atoms with Crippen molar-refractivity contribution in [3.8, 4) is 0 Å². The van der Waals surface area contributed by atoms with E-state index in [-0.39, 0.29) is 5.91 Å². The van der Waals surface area contributed by atoms with E-state index in [2.05, 4.69) is 5.32 Å². The highest BCUT2D eigenvalue weighted by atomic mass is 33.1. The minimum absolute atomic E-state index is 0.325. The normalized spacial score (nSPS) is 12.7. The van der Waals surface area contributed by atoms with E-state index >= 15 is 0 Å². The van der Waals surface area contributed by atoms with Gasteiger partial charge in [0.1, 0.15) is 6.04 Å². The summed E-state index contributed by atoms with van der Waals surface area (Å²) < 4.78 is 0. The van der Waals surface area contributed by atoms with E-state index in [1.807, 2.05) is 18.4 Å². The average Bonchev–Trinajstić information content (AvgIpc) is 2.09. The Balaban J connectivity index is 3.85. The van der Waals surface area contributed by atoms with E-state index in [4.69, 9.17) is 5.11 Å². The standard InChI is InChI=1S/C8H13NO3S2/c1-3-4-13-14-5-7(8(11)12)9-6(2)10/h3-4,7H,5H2,1-2H3,(H,9,10)(H,11,12)/b4-3+/t7-/m0/s1. The molecule has 6 heteroatoms. The van der Waals surface area contributed by atoms with Gasteiger partial charge in [0.2, 0.25) is 5.91 Å². The van der Waals surface area contributed by atoms with Crippen molar-refractivity contribution in [2.75, 3.05) is 5.75 Å². The molecule has 0 rings (SSSR count). The molecule has 0 spiro atoms. The molecule has 0 unspecified atom stereocenters. The molecule has 80 valence electrons. The molecule has 1 amide bonds. The highest BCUT2D eigenvalue weighted by Gasteiger charge is 2.17. The maximum absolute atomic E-state index is 10.6. The number of hydrogen-bond donors (Lipinski definition) is 2. The molecule has 2 N–H and O–H groups in total. The highest BCUT2D eigenvalue weighted by molar-refractivity contribution is 8.77. The number of hydrogen-bond acceptors (Lipinski definition) is 4. The molecule has 0 saturated heterocycles. The van der Waals surface area contributed by atoms with Gasteiger partial charge in [-0.1, -0.05) is 27.7 Å². The third-order valence-electron chi connectivity index (χ3n) is 1.17. The van der Waals surface area contributed by atoms with Gasteiger partial charge in [0.05, 0.1) is 0 Å². The van der Waals surface area contributed by atoms with E-state index in [1.165, 1.54) is 28.5 Å². The van der Waals surface area contributed by atoms with Gasteiger partial charge >= 0.3 is 5.97 Å². The van der Waals surface area contributed by atoms with Gasteiger partial charge in [0.25, 0.3) is 0 Å². The van der Waals surface area contributed by atoms with Crippen molar-refractivity contribution in [1.29, 1.82) is 0 Å². The van der Waals surface area contributed by atoms with Gasteiger partial charge < -0.3 is 10.4 Å². The zero-order chi connectivity index (χ0) is 11.0. The van der Waals surface area contributed by atoms with Gasteiger partial charge in [0, 0.05) is 12.7 Å². The van der Waals surface area contributed by atoms with Crippen LogP contribution in [0, 0.1) is 0 Å². The zero-order valence-corrected chi connectivity index (χ0v) is 9.65. The molecule has 0 saturated carbocycles. The van der Waals surface area contributed by atoms with Crippen LogP contribution in [0.4, 0.5) is 0 Å². The van der Waals surface area contributed by atoms with Crippen LogP contribution in [-0.2, 0) is 9.59 Å². The first-order chi connectivity index (χ1) is 6.57. The molecule has 0 aromatic rings. The molecule has 0 fully saturated rings. The lowest BCUT2D eigenvalue weighted by molar-refractivity contribution is -0.140. The van der Waals surface area contributed by atoms with Gasteiger partial charge in [-0.05, 0) is 12.3 Å². The van der Waals surface area contributed by atoms with Gasteiger partial charge in [-0.15, -0.1) is 0 Å². The first-order valence-corrected chi connectivity index (χ1v) is 6.35. The van der Waals surface area contributed by atoms with Crippen molar-refractivity contribution in [1.82, 2.24) is 5.32 Å². The SMILES string of the molecule is C/C=C/SSC[C@H](NC(C)=O)C(=O)O. The van der Waals surface area contributed by atoms with E-state index in [0.29, 0.717) is 5.75 Å². The maximum atomic E-state index is 10.6. The Labute approximate surface area is 90.9 Å². The quantitative estimate of drug-likeness (QED) is 0.539. The van der Waals surface area contributed by atoms with Crippen LogP contribution in [0.2, 0.25) is 0 Å². The summed E-state index contributed by atoms with van der Waals surface area (Å²) in [5, 5.41) is 12.9. The first kappa shape index (κ1) is 13.4. The van der Waals surface area contributed by atoms with Crippen LogP contribution in [0.25, 0.3) is 0 Å². The lowest BCUT2D eigenvalue weighted by Crippen LogP contribution is -2.41. The Morgan fingerprint density at radius 3 is 2.64 bits per heavy atom. The average molecular weight is 235 g/mol. The van der Waals surface area contributed by atoms with Crippen molar-refractivity contribution in [2.45, 2.75) is 19.9 Å². The number of rotatable bonds is 6. The zero-order valence-electron chi connectivity index (χ0n) is 8.02. The third-order valence-corrected chi connectivity index (χ3v) is 3.31. The molecule has 0 aliphatic rings. The fraction of sp³-hybridized carbons (Fsp3) is 0.500. The van der Waals surface area contributed by atoms with E-state index in [9.17, 15) is 9.59 Å². The Kier molecular flexibility index (Phi) is 7.41. The van der Waals surface area contributed by atoms with Crippen LogP contribution in [-0.4, -0.2) is 28.8 Å². The fourth-order valence-electron chi connectivity index (χ4n) is 0.622. The minimum atomic E-state index is -1.01. The first-order valence-electron chi connectivity index (χ1n) is 3.97. The number of carboxylic acid groups (broad SMARTS) is 1. The maximum Gasteiger partial charge on any atom is 0.327 e. The monoisotopic (exact) mass is 235 g/mol. The lowest BCUT2D eigenvalue weighted by atomic mass is 10.3. The molecule has 4 nitrogen and oxygen atoms in total. The van der Waals surface area contributed by atoms with Gasteiger partial charge in [0.15, 0.2) is 0 Å². The lowest BCUT2D eigenvalue weighted by Gasteiger charge is -2.11. The predicted octanol–water partition coefficient (Wildman–Crippen LogP) is 1.49. The molecule has 0 aromatic carbocycles. The van der Waals surface area contributed by atoms with Crippen molar-refractivity contribution in [3.05, 3.63) is 11.5 Å². The second-order valence-corrected chi connectivity index (χ2v) is 4.76. The van der Waals surface area contributed by atoms with E-state index < -0.39 is 12.0 Å². The molecule has 0 aliphatic heterocycles. The molecule has 0 bridgehead atoms. The van der Waals surface area contributed by atoms with Crippen LogP contribution >= 0.6 is 21.6 Å². The molecule has 0 aromatic heterocycles. The summed E-state index contributed by atoms with van der Waals surface area (Å²) in [6.45, 7) is 3.19. The Morgan fingerprint density at radius 2 is 2.21 bits per heavy atom. The molecular weight excluding hydrogens is 222 g/mol. The number of amides is 1. The Bertz CT molecular complexity index is 231. The Morgan fingerprint density at radius 1 is 1.57 bits per heavy atom. The summed E-state index contributed by atoms with van der Waals surface area (Å²) in [6.07, 6.45) is 1.87. The third kappa shape index (κ3) is 6.85. The molecule has 0 heterocycles. The van der Waals surface area contributed by atoms with Crippen molar-refractivity contribution < 1.29 is 14.7 Å². The molecule has 14 heavy (non-hydrogen) atoms. The molecule has 0 aliphatic carbocycles. The van der Waals surface area contributed by atoms with Crippen LogP contribution in [0.3, 0.4) is 0 Å². The van der Waals surface area contributed by atoms with Crippen molar-refractivity contribution >= 4 is 33.5 Å². The highest BCUT2D eigenvalue weighted by Crippen LogP contribution is 2.22. The summed E-state index contributed by atoms with van der Waals surface area (Å²) in [5.74, 6) is -0.980. The predicted molar refractivity (Wildman–Crippen MR) is 60.1 cm³/mol. The second-order valence-electron chi connectivity index (χ2n) is 2.44. The van der Waals surface area contributed by atoms with Gasteiger partial charge in [-0.25, -0.2) is 4.79 Å². The van der Waals surface area contributed by atoms with Crippen molar-refractivity contribution in [2.24, 2.45) is 0 Å². The van der Waals surface area contributed by atoms with Crippen LogP contribution < -0.4 is 5.32 Å². The van der Waals surface area contributed by atoms with Crippen molar-refractivity contribution in [3.63, 3.8) is 0 Å². The van der Waals surface area contributed by atoms with Crippen LogP contribution in [0.15, 0.2) is 11.5 Å². The smallest absolute Gasteiger partial charge is 0.327 e. The molecule has 0 radical (unpaired) electrons. The van der Waals surface area contributed by atoms with Gasteiger partial charge in [-0.3, -0.25) is 4.79 Å².